The molecule has 2 unspecified atom stereocenters. The average molecular weight is 288 g/mol. The topological polar surface area (TPSA) is 86.9 Å². The first-order valence-electron chi connectivity index (χ1n) is 6.72. The van der Waals surface area contributed by atoms with E-state index in [0.717, 1.165) is 13.0 Å². The van der Waals surface area contributed by atoms with Crippen molar-refractivity contribution in [2.45, 2.75) is 44.9 Å². The Bertz CT molecular complexity index is 444. The first-order chi connectivity index (χ1) is 9.01. The van der Waals surface area contributed by atoms with E-state index in [4.69, 9.17) is 0 Å². The van der Waals surface area contributed by atoms with Gasteiger partial charge >= 0.3 is 0 Å². The number of hydrogen-bond donors (Lipinski definition) is 3. The molecule has 110 valence electrons. The number of imidazole rings is 1. The fourth-order valence-electron chi connectivity index (χ4n) is 1.71. The molecule has 0 aliphatic carbocycles. The van der Waals surface area contributed by atoms with Crippen molar-refractivity contribution in [1.29, 1.82) is 0 Å². The van der Waals surface area contributed by atoms with Gasteiger partial charge in [-0.25, -0.2) is 18.1 Å². The summed E-state index contributed by atoms with van der Waals surface area (Å²) in [5, 5.41) is 2.65. The lowest BCUT2D eigenvalue weighted by molar-refractivity contribution is 0.523. The van der Waals surface area contributed by atoms with Crippen molar-refractivity contribution in [3.63, 3.8) is 0 Å². The summed E-state index contributed by atoms with van der Waals surface area (Å²) < 4.78 is 27.1. The summed E-state index contributed by atoms with van der Waals surface area (Å²) in [7, 11) is -3.35. The van der Waals surface area contributed by atoms with E-state index in [0.29, 0.717) is 18.8 Å². The maximum absolute atomic E-state index is 12.2. The second-order valence-corrected chi connectivity index (χ2v) is 6.74. The molecule has 0 aliphatic rings. The van der Waals surface area contributed by atoms with Crippen molar-refractivity contribution in [1.82, 2.24) is 20.0 Å². The highest BCUT2D eigenvalue weighted by Crippen LogP contribution is 2.14. The third-order valence-electron chi connectivity index (χ3n) is 2.95. The van der Waals surface area contributed by atoms with Gasteiger partial charge in [-0.3, -0.25) is 0 Å². The van der Waals surface area contributed by atoms with Gasteiger partial charge in [0, 0.05) is 18.9 Å². The maximum Gasteiger partial charge on any atom is 0.216 e. The molecule has 0 saturated heterocycles. The number of sulfonamides is 1. The Morgan fingerprint density at radius 1 is 1.42 bits per heavy atom. The van der Waals surface area contributed by atoms with E-state index >= 15 is 0 Å². The predicted octanol–water partition coefficient (Wildman–Crippen LogP) is 1.17. The maximum atomic E-state index is 12.2. The normalized spacial score (nSPS) is 15.3. The van der Waals surface area contributed by atoms with Crippen LogP contribution in [0.2, 0.25) is 0 Å². The molecule has 1 heterocycles. The van der Waals surface area contributed by atoms with Crippen LogP contribution in [-0.4, -0.2) is 36.7 Å². The Morgan fingerprint density at radius 3 is 2.68 bits per heavy atom. The number of hydrogen-bond acceptors (Lipinski definition) is 4. The van der Waals surface area contributed by atoms with Crippen LogP contribution in [0.5, 0.6) is 0 Å². The number of nitrogens with one attached hydrogen (secondary N) is 3. The van der Waals surface area contributed by atoms with Gasteiger partial charge in [-0.2, -0.15) is 0 Å². The smallest absolute Gasteiger partial charge is 0.216 e. The molecule has 0 aromatic carbocycles. The van der Waals surface area contributed by atoms with Crippen molar-refractivity contribution in [2.75, 3.05) is 13.1 Å². The van der Waals surface area contributed by atoms with Gasteiger partial charge in [0.1, 0.15) is 5.82 Å². The molecule has 1 rings (SSSR count). The molecule has 1 aromatic heterocycles. The molecule has 19 heavy (non-hydrogen) atoms. The molecular weight excluding hydrogens is 264 g/mol. The molecule has 0 fully saturated rings. The van der Waals surface area contributed by atoms with Crippen LogP contribution >= 0.6 is 0 Å². The Balaban J connectivity index is 2.61. The van der Waals surface area contributed by atoms with Gasteiger partial charge in [-0.05, 0) is 26.3 Å². The zero-order chi connectivity index (χ0) is 14.3. The van der Waals surface area contributed by atoms with E-state index in [-0.39, 0.29) is 6.04 Å². The highest BCUT2D eigenvalue weighted by Gasteiger charge is 2.25. The van der Waals surface area contributed by atoms with Crippen molar-refractivity contribution < 1.29 is 8.42 Å². The zero-order valence-electron chi connectivity index (χ0n) is 11.8. The minimum atomic E-state index is -3.35. The molecule has 0 aliphatic heterocycles. The molecule has 0 saturated carbocycles. The predicted molar refractivity (Wildman–Crippen MR) is 76.3 cm³/mol. The highest BCUT2D eigenvalue weighted by atomic mass is 32.2. The quantitative estimate of drug-likeness (QED) is 0.595. The van der Waals surface area contributed by atoms with Crippen molar-refractivity contribution in [2.24, 2.45) is 0 Å². The second kappa shape index (κ2) is 7.62. The summed E-state index contributed by atoms with van der Waals surface area (Å²) in [6.07, 6.45) is 4.96. The van der Waals surface area contributed by atoms with E-state index < -0.39 is 15.3 Å². The number of rotatable bonds is 9. The van der Waals surface area contributed by atoms with Crippen LogP contribution in [0.15, 0.2) is 12.4 Å². The highest BCUT2D eigenvalue weighted by molar-refractivity contribution is 7.90. The molecule has 3 N–H and O–H groups in total. The van der Waals surface area contributed by atoms with Crippen molar-refractivity contribution in [3.8, 4) is 0 Å². The summed E-state index contributed by atoms with van der Waals surface area (Å²) in [5.74, 6) is 0.653. The van der Waals surface area contributed by atoms with Crippen molar-refractivity contribution >= 4 is 10.0 Å². The molecule has 0 amide bonds. The SMILES string of the molecule is CCCNCC(C)S(=O)(=O)NC(CC)c1ncc[nH]1. The van der Waals surface area contributed by atoms with E-state index in [2.05, 4.69) is 26.9 Å². The minimum Gasteiger partial charge on any atom is -0.347 e. The molecule has 7 heteroatoms. The van der Waals surface area contributed by atoms with Gasteiger partial charge in [0.05, 0.1) is 11.3 Å². The standard InChI is InChI=1S/C12H24N4O2S/c1-4-6-13-9-10(3)19(17,18)16-11(5-2)12-14-7-8-15-12/h7-8,10-11,13,16H,4-6,9H2,1-3H3,(H,14,15). The minimum absolute atomic E-state index is 0.298. The van der Waals surface area contributed by atoms with Crippen LogP contribution in [0.3, 0.4) is 0 Å². The third-order valence-corrected chi connectivity index (χ3v) is 4.79. The van der Waals surface area contributed by atoms with Crippen LogP contribution in [0.1, 0.15) is 45.5 Å². The summed E-state index contributed by atoms with van der Waals surface area (Å²) >= 11 is 0. The van der Waals surface area contributed by atoms with Gasteiger partial charge in [0.2, 0.25) is 10.0 Å². The van der Waals surface area contributed by atoms with Crippen LogP contribution in [0, 0.1) is 0 Å². The van der Waals surface area contributed by atoms with Gasteiger partial charge in [0.25, 0.3) is 0 Å². The molecule has 0 radical (unpaired) electrons. The molecule has 6 nitrogen and oxygen atoms in total. The first-order valence-corrected chi connectivity index (χ1v) is 8.27. The molecule has 0 spiro atoms. The lowest BCUT2D eigenvalue weighted by Crippen LogP contribution is -2.40. The molecule has 1 aromatic rings. The van der Waals surface area contributed by atoms with Gasteiger partial charge in [-0.15, -0.1) is 0 Å². The van der Waals surface area contributed by atoms with E-state index in [9.17, 15) is 8.42 Å². The molecule has 2 atom stereocenters. The fraction of sp³-hybridized carbons (Fsp3) is 0.750. The fourth-order valence-corrected chi connectivity index (χ4v) is 2.95. The largest absolute Gasteiger partial charge is 0.347 e. The van der Waals surface area contributed by atoms with Crippen LogP contribution in [-0.2, 0) is 10.0 Å². The lowest BCUT2D eigenvalue weighted by atomic mass is 10.2. The van der Waals surface area contributed by atoms with Crippen LogP contribution in [0.4, 0.5) is 0 Å². The number of H-pyrrole nitrogens is 1. The Morgan fingerprint density at radius 2 is 2.16 bits per heavy atom. The van der Waals surface area contributed by atoms with Crippen LogP contribution in [0.25, 0.3) is 0 Å². The zero-order valence-corrected chi connectivity index (χ0v) is 12.6. The Labute approximate surface area is 115 Å². The summed E-state index contributed by atoms with van der Waals surface area (Å²) in [6.45, 7) is 6.97. The summed E-state index contributed by atoms with van der Waals surface area (Å²) in [4.78, 5) is 7.06. The first kappa shape index (κ1) is 16.1. The molecular formula is C12H24N4O2S. The molecule has 0 bridgehead atoms. The van der Waals surface area contributed by atoms with Gasteiger partial charge in [0.15, 0.2) is 0 Å². The number of aromatic nitrogens is 2. The van der Waals surface area contributed by atoms with E-state index in [1.807, 2.05) is 6.92 Å². The number of aromatic amines is 1. The monoisotopic (exact) mass is 288 g/mol. The van der Waals surface area contributed by atoms with Crippen molar-refractivity contribution in [3.05, 3.63) is 18.2 Å². The van der Waals surface area contributed by atoms with Crippen LogP contribution < -0.4 is 10.0 Å². The second-order valence-electron chi connectivity index (χ2n) is 4.61. The van der Waals surface area contributed by atoms with E-state index in [1.54, 1.807) is 19.3 Å². The summed E-state index contributed by atoms with van der Waals surface area (Å²) in [6, 6.07) is -0.298. The number of nitrogens with zero attached hydrogens (tertiary/aromatic N) is 1. The van der Waals surface area contributed by atoms with Gasteiger partial charge < -0.3 is 10.3 Å². The Hall–Kier alpha value is -0.920. The lowest BCUT2D eigenvalue weighted by Gasteiger charge is -2.19. The summed E-state index contributed by atoms with van der Waals surface area (Å²) in [5.41, 5.74) is 0. The van der Waals surface area contributed by atoms with E-state index in [1.165, 1.54) is 0 Å². The average Bonchev–Trinajstić information content (AvgIpc) is 2.90. The van der Waals surface area contributed by atoms with Gasteiger partial charge in [-0.1, -0.05) is 13.8 Å². The third kappa shape index (κ3) is 4.93. The Kier molecular flexibility index (Phi) is 6.47.